The molecule has 0 bridgehead atoms. The highest BCUT2D eigenvalue weighted by Crippen LogP contribution is 2.16. The summed E-state index contributed by atoms with van der Waals surface area (Å²) in [5.74, 6) is 0. The molecule has 1 fully saturated rings. The van der Waals surface area contributed by atoms with Gasteiger partial charge < -0.3 is 10.6 Å². The van der Waals surface area contributed by atoms with E-state index in [0.29, 0.717) is 0 Å². The molecule has 1 aliphatic heterocycles. The van der Waals surface area contributed by atoms with Crippen molar-refractivity contribution < 1.29 is 0 Å². The molecule has 17 heavy (non-hydrogen) atoms. The van der Waals surface area contributed by atoms with Crippen LogP contribution in [0.4, 0.5) is 0 Å². The van der Waals surface area contributed by atoms with Crippen LogP contribution in [0.5, 0.6) is 0 Å². The Kier molecular flexibility index (Phi) is 5.02. The molecular weight excluding hydrogens is 208 g/mol. The third-order valence-corrected chi connectivity index (χ3v) is 3.68. The lowest BCUT2D eigenvalue weighted by atomic mass is 10.0. The zero-order valence-corrected chi connectivity index (χ0v) is 10.6. The van der Waals surface area contributed by atoms with Crippen LogP contribution in [0, 0.1) is 0 Å². The average molecular weight is 232 g/mol. The van der Waals surface area contributed by atoms with Crippen molar-refractivity contribution in [3.05, 3.63) is 35.9 Å². The third-order valence-electron chi connectivity index (χ3n) is 3.68. The number of benzene rings is 1. The minimum absolute atomic E-state index is 0.194. The summed E-state index contributed by atoms with van der Waals surface area (Å²) in [6.45, 7) is 3.68. The van der Waals surface area contributed by atoms with Crippen LogP contribution >= 0.6 is 0 Å². The van der Waals surface area contributed by atoms with Crippen LogP contribution in [0.2, 0.25) is 0 Å². The molecule has 1 heterocycles. The molecule has 1 atom stereocenters. The Morgan fingerprint density at radius 2 is 1.65 bits per heavy atom. The quantitative estimate of drug-likeness (QED) is 0.865. The molecule has 1 unspecified atom stereocenters. The van der Waals surface area contributed by atoms with Crippen LogP contribution in [0.25, 0.3) is 0 Å². The van der Waals surface area contributed by atoms with E-state index in [9.17, 15) is 0 Å². The monoisotopic (exact) mass is 232 g/mol. The summed E-state index contributed by atoms with van der Waals surface area (Å²) in [5.41, 5.74) is 7.49. The fraction of sp³-hybridized carbons (Fsp3) is 0.600. The second kappa shape index (κ2) is 6.77. The van der Waals surface area contributed by atoms with Gasteiger partial charge in [-0.1, -0.05) is 43.2 Å². The first-order valence-electron chi connectivity index (χ1n) is 6.89. The van der Waals surface area contributed by atoms with E-state index in [1.54, 1.807) is 0 Å². The highest BCUT2D eigenvalue weighted by molar-refractivity contribution is 5.18. The van der Waals surface area contributed by atoms with Crippen LogP contribution in [-0.4, -0.2) is 24.5 Å². The van der Waals surface area contributed by atoms with E-state index in [2.05, 4.69) is 29.2 Å². The van der Waals surface area contributed by atoms with Crippen LogP contribution in [0.3, 0.4) is 0 Å². The summed E-state index contributed by atoms with van der Waals surface area (Å²) in [4.78, 5) is 2.58. The van der Waals surface area contributed by atoms with E-state index in [1.165, 1.54) is 44.3 Å². The summed E-state index contributed by atoms with van der Waals surface area (Å²) in [5, 5.41) is 0. The Hall–Kier alpha value is -0.860. The van der Waals surface area contributed by atoms with E-state index < -0.39 is 0 Å². The van der Waals surface area contributed by atoms with Crippen molar-refractivity contribution in [2.24, 2.45) is 5.73 Å². The fourth-order valence-electron chi connectivity index (χ4n) is 2.55. The van der Waals surface area contributed by atoms with E-state index in [4.69, 9.17) is 5.73 Å². The molecule has 0 amide bonds. The van der Waals surface area contributed by atoms with Crippen molar-refractivity contribution in [1.29, 1.82) is 0 Å². The van der Waals surface area contributed by atoms with Gasteiger partial charge in [-0.25, -0.2) is 0 Å². The molecule has 0 aliphatic carbocycles. The Bertz CT molecular complexity index is 302. The molecule has 0 spiro atoms. The summed E-state index contributed by atoms with van der Waals surface area (Å²) >= 11 is 0. The number of hydrogen-bond donors (Lipinski definition) is 1. The lowest BCUT2D eigenvalue weighted by Crippen LogP contribution is -2.28. The molecule has 0 saturated carbocycles. The molecule has 1 saturated heterocycles. The Morgan fingerprint density at radius 1 is 1.00 bits per heavy atom. The van der Waals surface area contributed by atoms with Gasteiger partial charge in [-0.05, 0) is 44.5 Å². The molecule has 1 aliphatic rings. The number of likely N-dealkylation sites (tertiary alicyclic amines) is 1. The number of nitrogens with two attached hydrogens (primary N) is 1. The van der Waals surface area contributed by atoms with Crippen molar-refractivity contribution in [1.82, 2.24) is 4.90 Å². The second-order valence-electron chi connectivity index (χ2n) is 5.06. The molecule has 2 nitrogen and oxygen atoms in total. The molecule has 0 aromatic heterocycles. The molecule has 1 aromatic rings. The van der Waals surface area contributed by atoms with Crippen molar-refractivity contribution in [3.8, 4) is 0 Å². The van der Waals surface area contributed by atoms with Gasteiger partial charge in [-0.3, -0.25) is 0 Å². The number of nitrogens with zero attached hydrogens (tertiary/aromatic N) is 1. The van der Waals surface area contributed by atoms with Gasteiger partial charge in [0.05, 0.1) is 0 Å². The standard InChI is InChI=1S/C15H24N2/c16-15(14-8-4-3-5-9-14)10-13-17-11-6-1-2-7-12-17/h3-5,8-9,15H,1-2,6-7,10-13,16H2. The van der Waals surface area contributed by atoms with Gasteiger partial charge in [0.15, 0.2) is 0 Å². The minimum Gasteiger partial charge on any atom is -0.324 e. The van der Waals surface area contributed by atoms with Crippen LogP contribution in [-0.2, 0) is 0 Å². The molecule has 0 radical (unpaired) electrons. The molecule has 2 rings (SSSR count). The first kappa shape index (κ1) is 12.6. The summed E-state index contributed by atoms with van der Waals surface area (Å²) in [6.07, 6.45) is 6.60. The topological polar surface area (TPSA) is 29.3 Å². The van der Waals surface area contributed by atoms with E-state index in [1.807, 2.05) is 6.07 Å². The Balaban J connectivity index is 1.77. The largest absolute Gasteiger partial charge is 0.324 e. The molecule has 2 heteroatoms. The minimum atomic E-state index is 0.194. The predicted molar refractivity (Wildman–Crippen MR) is 72.9 cm³/mol. The van der Waals surface area contributed by atoms with Crippen LogP contribution in [0.15, 0.2) is 30.3 Å². The van der Waals surface area contributed by atoms with Crippen molar-refractivity contribution in [2.75, 3.05) is 19.6 Å². The Labute approximate surface area is 105 Å². The van der Waals surface area contributed by atoms with Gasteiger partial charge in [0, 0.05) is 6.04 Å². The summed E-state index contributed by atoms with van der Waals surface area (Å²) in [7, 11) is 0. The zero-order valence-electron chi connectivity index (χ0n) is 10.6. The first-order valence-corrected chi connectivity index (χ1v) is 6.89. The average Bonchev–Trinajstić information content (AvgIpc) is 2.65. The van der Waals surface area contributed by atoms with E-state index >= 15 is 0 Å². The molecule has 1 aromatic carbocycles. The number of rotatable bonds is 4. The predicted octanol–water partition coefficient (Wildman–Crippen LogP) is 2.95. The van der Waals surface area contributed by atoms with Crippen LogP contribution < -0.4 is 5.73 Å². The molecular formula is C15H24N2. The van der Waals surface area contributed by atoms with Gasteiger partial charge >= 0.3 is 0 Å². The summed E-state index contributed by atoms with van der Waals surface area (Å²) < 4.78 is 0. The van der Waals surface area contributed by atoms with Crippen LogP contribution in [0.1, 0.15) is 43.7 Å². The highest BCUT2D eigenvalue weighted by Gasteiger charge is 2.11. The van der Waals surface area contributed by atoms with E-state index in [-0.39, 0.29) is 6.04 Å². The smallest absolute Gasteiger partial charge is 0.0307 e. The normalized spacial score (nSPS) is 19.8. The van der Waals surface area contributed by atoms with Crippen molar-refractivity contribution in [3.63, 3.8) is 0 Å². The fourth-order valence-corrected chi connectivity index (χ4v) is 2.55. The van der Waals surface area contributed by atoms with Gasteiger partial charge in [0.2, 0.25) is 0 Å². The van der Waals surface area contributed by atoms with Gasteiger partial charge in [0.1, 0.15) is 0 Å². The van der Waals surface area contributed by atoms with Crippen molar-refractivity contribution >= 4 is 0 Å². The highest BCUT2D eigenvalue weighted by atomic mass is 15.1. The Morgan fingerprint density at radius 3 is 2.29 bits per heavy atom. The lowest BCUT2D eigenvalue weighted by molar-refractivity contribution is 0.273. The molecule has 2 N–H and O–H groups in total. The molecule has 94 valence electrons. The summed E-state index contributed by atoms with van der Waals surface area (Å²) in [6, 6.07) is 10.6. The maximum Gasteiger partial charge on any atom is 0.0307 e. The number of hydrogen-bond acceptors (Lipinski definition) is 2. The second-order valence-corrected chi connectivity index (χ2v) is 5.06. The van der Waals surface area contributed by atoms with Crippen molar-refractivity contribution in [2.45, 2.75) is 38.1 Å². The first-order chi connectivity index (χ1) is 8.36. The van der Waals surface area contributed by atoms with Gasteiger partial charge in [-0.2, -0.15) is 0 Å². The van der Waals surface area contributed by atoms with Gasteiger partial charge in [0.25, 0.3) is 0 Å². The van der Waals surface area contributed by atoms with E-state index in [0.717, 1.165) is 13.0 Å². The maximum atomic E-state index is 6.22. The lowest BCUT2D eigenvalue weighted by Gasteiger charge is -2.22. The SMILES string of the molecule is NC(CCN1CCCCCC1)c1ccccc1. The third kappa shape index (κ3) is 4.14. The zero-order chi connectivity index (χ0) is 11.9. The maximum absolute atomic E-state index is 6.22. The van der Waals surface area contributed by atoms with Gasteiger partial charge in [-0.15, -0.1) is 0 Å².